The zero-order valence-electron chi connectivity index (χ0n) is 32.5. The molecule has 1 saturated carbocycles. The Balaban J connectivity index is 1.89. The first kappa shape index (κ1) is 39.2. The molecule has 47 heavy (non-hydrogen) atoms. The Labute approximate surface area is 299 Å². The van der Waals surface area contributed by atoms with Crippen molar-refractivity contribution in [1.82, 2.24) is 0 Å². The molecule has 0 aromatic heterocycles. The van der Waals surface area contributed by atoms with Crippen LogP contribution in [0.5, 0.6) is 11.5 Å². The van der Waals surface area contributed by atoms with Crippen LogP contribution >= 0.6 is 15.9 Å². The van der Waals surface area contributed by atoms with Gasteiger partial charge >= 0.3 is 302 Å². The molecule has 2 nitrogen and oxygen atoms in total. The molecule has 1 fully saturated rings. The van der Waals surface area contributed by atoms with E-state index in [1.165, 1.54) is 60.8 Å². The maximum absolute atomic E-state index is 12.0. The molecule has 4 atom stereocenters. The summed E-state index contributed by atoms with van der Waals surface area (Å²) in [6.45, 7) is 32.3. The first-order valence-electron chi connectivity index (χ1n) is 18.5. The quantitative estimate of drug-likeness (QED) is 0.267. The van der Waals surface area contributed by atoms with Gasteiger partial charge in [-0.25, -0.2) is 0 Å². The summed E-state index contributed by atoms with van der Waals surface area (Å²) < 4.78 is 0. The minimum absolute atomic E-state index is 0.0312. The van der Waals surface area contributed by atoms with Gasteiger partial charge in [0.2, 0.25) is 0 Å². The van der Waals surface area contributed by atoms with E-state index >= 15 is 0 Å². The number of hydrogen-bond acceptors (Lipinski definition) is 2. The molecule has 2 aromatic rings. The van der Waals surface area contributed by atoms with Gasteiger partial charge in [-0.15, -0.1) is 0 Å². The van der Waals surface area contributed by atoms with Gasteiger partial charge < -0.3 is 0 Å². The van der Waals surface area contributed by atoms with Crippen LogP contribution in [0.15, 0.2) is 24.3 Å². The second-order valence-electron chi connectivity index (χ2n) is 18.6. The van der Waals surface area contributed by atoms with E-state index in [0.717, 1.165) is 33.1 Å². The Bertz CT molecular complexity index is 1420. The summed E-state index contributed by atoms with van der Waals surface area (Å²) in [6, 6.07) is 9.39. The second-order valence-corrected chi connectivity index (χ2v) is 30.0. The zero-order chi connectivity index (χ0) is 35.3. The molecule has 2 aromatic carbocycles. The van der Waals surface area contributed by atoms with E-state index in [4.69, 9.17) is 0 Å². The fraction of sp³-hybridized carbons (Fsp3) is 0.714. The van der Waals surface area contributed by atoms with Crippen molar-refractivity contribution in [2.75, 3.05) is 0 Å². The van der Waals surface area contributed by atoms with Crippen LogP contribution in [0.2, 0.25) is 0 Å². The summed E-state index contributed by atoms with van der Waals surface area (Å²) >= 11 is -0.272. The van der Waals surface area contributed by atoms with E-state index in [-0.39, 0.29) is 37.1 Å². The van der Waals surface area contributed by atoms with E-state index < -0.39 is 0 Å². The molecule has 1 aliphatic carbocycles. The Morgan fingerprint density at radius 3 is 1.23 bits per heavy atom. The van der Waals surface area contributed by atoms with Gasteiger partial charge in [0.25, 0.3) is 0 Å². The van der Waals surface area contributed by atoms with Crippen molar-refractivity contribution in [3.63, 3.8) is 0 Å². The molecule has 0 amide bonds. The molecule has 2 aliphatic rings. The summed E-state index contributed by atoms with van der Waals surface area (Å²) in [5.74, 6) is 4.09. The van der Waals surface area contributed by atoms with Gasteiger partial charge in [0.15, 0.2) is 0 Å². The topological polar surface area (TPSA) is 40.5 Å². The Kier molecular flexibility index (Phi) is 12.2. The molecule has 0 radical (unpaired) electrons. The van der Waals surface area contributed by atoms with Gasteiger partial charge in [-0.2, -0.15) is 0 Å². The summed E-state index contributed by atoms with van der Waals surface area (Å²) in [6.07, 6.45) is 8.15. The standard InChI is InChI=1S/C42H68O2S2.Ti/c1-27(2)41(11,12)33-23-31(39(5,6)7)21-29(37(33)43)25-45-35-19-17-15-16-18-20-36(35)46-26-30-22-32(40(8,9)10)24-34(38(30)44)42(13,14)28(3)4;/h21-24,27-28,35-36,43-44H,15-20,25-26H2,1-14H3;/t35-,36?;/m0./s1. The van der Waals surface area contributed by atoms with Gasteiger partial charge in [-0.1, -0.05) is 0 Å². The average molecular weight is 717 g/mol. The van der Waals surface area contributed by atoms with Crippen LogP contribution in [0.1, 0.15) is 169 Å². The molecule has 4 rings (SSSR count). The predicted molar refractivity (Wildman–Crippen MR) is 207 cm³/mol. The Morgan fingerprint density at radius 1 is 0.596 bits per heavy atom. The maximum atomic E-state index is 12.0. The second kappa shape index (κ2) is 14.6. The third-order valence-electron chi connectivity index (χ3n) is 12.1. The molecule has 0 saturated heterocycles. The Morgan fingerprint density at radius 2 is 0.936 bits per heavy atom. The van der Waals surface area contributed by atoms with Crippen LogP contribution in [0.3, 0.4) is 0 Å². The minimum atomic E-state index is -0.272. The Hall–Kier alpha value is -0.546. The monoisotopic (exact) mass is 716 g/mol. The number of phenolic OH excluding ortho intramolecular Hbond substituents is 2. The van der Waals surface area contributed by atoms with Gasteiger partial charge in [-0.3, -0.25) is 0 Å². The van der Waals surface area contributed by atoms with Crippen LogP contribution in [-0.2, 0) is 48.6 Å². The molecule has 1 heterocycles. The number of phenols is 2. The molecular weight excluding hydrogens is 648 g/mol. The van der Waals surface area contributed by atoms with E-state index in [0.29, 0.717) is 39.3 Å². The van der Waals surface area contributed by atoms with Crippen LogP contribution in [0.4, 0.5) is 0 Å². The molecule has 0 spiro atoms. The van der Waals surface area contributed by atoms with Crippen molar-refractivity contribution >= 4 is 15.9 Å². The van der Waals surface area contributed by atoms with Crippen molar-refractivity contribution in [3.8, 4) is 11.5 Å². The van der Waals surface area contributed by atoms with Crippen molar-refractivity contribution in [2.45, 2.75) is 179 Å². The van der Waals surface area contributed by atoms with Crippen molar-refractivity contribution in [1.29, 1.82) is 0 Å². The molecular formula is C42H68O2S2Ti. The van der Waals surface area contributed by atoms with Crippen molar-refractivity contribution in [3.05, 3.63) is 57.6 Å². The number of hydrogen-bond donors (Lipinski definition) is 2. The average Bonchev–Trinajstić information content (AvgIpc) is 3.22. The van der Waals surface area contributed by atoms with Crippen LogP contribution in [0, 0.1) is 11.8 Å². The molecule has 3 unspecified atom stereocenters. The van der Waals surface area contributed by atoms with E-state index in [1.54, 1.807) is 0 Å². The van der Waals surface area contributed by atoms with Crippen molar-refractivity contribution < 1.29 is 25.7 Å². The van der Waals surface area contributed by atoms with E-state index in [9.17, 15) is 10.2 Å². The molecule has 2 N–H and O–H groups in total. The summed E-state index contributed by atoms with van der Waals surface area (Å²) in [7, 11) is 0.657. The number of benzene rings is 2. The van der Waals surface area contributed by atoms with Gasteiger partial charge in [0.1, 0.15) is 0 Å². The van der Waals surface area contributed by atoms with Gasteiger partial charge in [0, 0.05) is 0 Å². The molecule has 5 heteroatoms. The third-order valence-corrected chi connectivity index (χ3v) is 28.0. The van der Waals surface area contributed by atoms with Gasteiger partial charge in [-0.05, 0) is 0 Å². The van der Waals surface area contributed by atoms with Gasteiger partial charge in [0.05, 0.1) is 0 Å². The summed E-state index contributed by atoms with van der Waals surface area (Å²) in [5.41, 5.74) is 7.26. The fourth-order valence-corrected chi connectivity index (χ4v) is 27.8. The third kappa shape index (κ3) is 8.51. The summed E-state index contributed by atoms with van der Waals surface area (Å²) in [4.78, 5) is 0. The van der Waals surface area contributed by atoms with Crippen LogP contribution < -0.4 is 0 Å². The van der Waals surface area contributed by atoms with Crippen LogP contribution in [-0.4, -0.2) is 20.7 Å². The van der Waals surface area contributed by atoms with Crippen LogP contribution in [0.25, 0.3) is 0 Å². The predicted octanol–water partition coefficient (Wildman–Crippen LogP) is 12.8. The first-order chi connectivity index (χ1) is 21.6. The number of rotatable bonds is 8. The van der Waals surface area contributed by atoms with Crippen molar-refractivity contribution in [2.24, 2.45) is 11.8 Å². The SMILES string of the molecule is CC(C)C(C)(C)c1cc(C(C)(C)C)cc(C[S]2=[Ti]=[S](Cc3cc(C(C)(C)C)cc(C(C)(C)C(C)C)c3O)[C@H]3CCCCCCC32)c1O. The molecule has 1 aliphatic heterocycles. The fourth-order valence-electron chi connectivity index (χ4n) is 7.02. The van der Waals surface area contributed by atoms with E-state index in [1.807, 2.05) is 0 Å². The molecule has 264 valence electrons. The number of aromatic hydroxyl groups is 2. The van der Waals surface area contributed by atoms with E-state index in [2.05, 4.69) is 121 Å². The summed E-state index contributed by atoms with van der Waals surface area (Å²) in [5, 5.41) is 25.6. The number of fused-ring (bicyclic) bond motifs is 1. The normalized spacial score (nSPS) is 22.9. The molecule has 0 bridgehead atoms. The zero-order valence-corrected chi connectivity index (χ0v) is 35.7. The first-order valence-corrected chi connectivity index (χ1v) is 25.2.